The van der Waals surface area contributed by atoms with Crippen molar-refractivity contribution >= 4 is 17.2 Å². The molecule has 0 unspecified atom stereocenters. The third-order valence-electron chi connectivity index (χ3n) is 2.20. The van der Waals surface area contributed by atoms with Crippen molar-refractivity contribution in [2.75, 3.05) is 6.61 Å². The lowest BCUT2D eigenvalue weighted by molar-refractivity contribution is -0.129. The van der Waals surface area contributed by atoms with E-state index in [4.69, 9.17) is 5.11 Å². The summed E-state index contributed by atoms with van der Waals surface area (Å²) in [7, 11) is 0. The molecule has 0 aromatic carbocycles. The van der Waals surface area contributed by atoms with Gasteiger partial charge in [0.25, 0.3) is 0 Å². The third-order valence-corrected chi connectivity index (χ3v) is 3.09. The first-order valence-electron chi connectivity index (χ1n) is 5.25. The maximum atomic E-state index is 11.8. The highest BCUT2D eigenvalue weighted by molar-refractivity contribution is 7.09. The number of carbonyl (C=O) groups excluding carboxylic acids is 1. The molecule has 1 amide bonds. The van der Waals surface area contributed by atoms with Crippen molar-refractivity contribution in [3.8, 4) is 0 Å². The van der Waals surface area contributed by atoms with Crippen LogP contribution in [0.3, 0.4) is 0 Å². The zero-order valence-corrected chi connectivity index (χ0v) is 10.7. The molecule has 90 valence electrons. The molecule has 1 atom stereocenters. The summed E-state index contributed by atoms with van der Waals surface area (Å²) in [4.78, 5) is 16.8. The molecular formula is C11H18N2O2S. The molecule has 2 N–H and O–H groups in total. The number of aromatic nitrogens is 1. The van der Waals surface area contributed by atoms with Gasteiger partial charge in [-0.15, -0.1) is 11.3 Å². The molecule has 0 fully saturated rings. The molecule has 16 heavy (non-hydrogen) atoms. The van der Waals surface area contributed by atoms with Gasteiger partial charge in [-0.05, 0) is 6.42 Å². The molecule has 1 heterocycles. The van der Waals surface area contributed by atoms with Crippen LogP contribution in [-0.2, 0) is 4.79 Å². The number of hydrogen-bond donors (Lipinski definition) is 2. The van der Waals surface area contributed by atoms with Crippen LogP contribution in [-0.4, -0.2) is 22.6 Å². The number of nitrogens with one attached hydrogen (secondary N) is 1. The number of hydrogen-bond acceptors (Lipinski definition) is 4. The van der Waals surface area contributed by atoms with E-state index < -0.39 is 5.41 Å². The normalized spacial score (nSPS) is 13.5. The number of nitrogens with zero attached hydrogens (tertiary/aromatic N) is 1. The van der Waals surface area contributed by atoms with Crippen molar-refractivity contribution in [1.82, 2.24) is 10.3 Å². The van der Waals surface area contributed by atoms with Gasteiger partial charge in [-0.1, -0.05) is 20.8 Å². The highest BCUT2D eigenvalue weighted by atomic mass is 32.1. The number of carbonyl (C=O) groups is 1. The van der Waals surface area contributed by atoms with Crippen LogP contribution in [0.1, 0.15) is 38.1 Å². The Morgan fingerprint density at radius 1 is 1.62 bits per heavy atom. The van der Waals surface area contributed by atoms with Gasteiger partial charge in [0.2, 0.25) is 5.91 Å². The standard InChI is InChI=1S/C11H18N2O2S/c1-11(2,3)10(15)13-8(4-5-14)9-6-12-7-16-9/h6-8,14H,4-5H2,1-3H3,(H,13,15)/t8-/m0/s1. The van der Waals surface area contributed by atoms with Crippen LogP contribution in [0.4, 0.5) is 0 Å². The van der Waals surface area contributed by atoms with Crippen LogP contribution >= 0.6 is 11.3 Å². The predicted octanol–water partition coefficient (Wildman–Crippen LogP) is 1.73. The summed E-state index contributed by atoms with van der Waals surface area (Å²) in [6, 6.07) is -0.135. The average molecular weight is 242 g/mol. The van der Waals surface area contributed by atoms with E-state index in [0.29, 0.717) is 6.42 Å². The fourth-order valence-electron chi connectivity index (χ4n) is 1.19. The lowest BCUT2D eigenvalue weighted by Crippen LogP contribution is -2.37. The van der Waals surface area contributed by atoms with Crippen LogP contribution in [0.25, 0.3) is 0 Å². The number of amides is 1. The van der Waals surface area contributed by atoms with Crippen LogP contribution < -0.4 is 5.32 Å². The fraction of sp³-hybridized carbons (Fsp3) is 0.636. The van der Waals surface area contributed by atoms with Crippen molar-refractivity contribution in [3.05, 3.63) is 16.6 Å². The summed E-state index contributed by atoms with van der Waals surface area (Å²) in [5.74, 6) is -0.0145. The van der Waals surface area contributed by atoms with Gasteiger partial charge in [0.05, 0.1) is 11.6 Å². The van der Waals surface area contributed by atoms with Crippen molar-refractivity contribution in [1.29, 1.82) is 0 Å². The Kier molecular flexibility index (Phi) is 4.44. The topological polar surface area (TPSA) is 62.2 Å². The first-order chi connectivity index (χ1) is 7.45. The summed E-state index contributed by atoms with van der Waals surface area (Å²) in [6.07, 6.45) is 2.25. The van der Waals surface area contributed by atoms with E-state index in [2.05, 4.69) is 10.3 Å². The highest BCUT2D eigenvalue weighted by Crippen LogP contribution is 2.22. The zero-order chi connectivity index (χ0) is 12.2. The maximum Gasteiger partial charge on any atom is 0.225 e. The minimum atomic E-state index is -0.418. The van der Waals surface area contributed by atoms with Gasteiger partial charge in [-0.2, -0.15) is 0 Å². The van der Waals surface area contributed by atoms with Gasteiger partial charge in [0.15, 0.2) is 0 Å². The van der Waals surface area contributed by atoms with E-state index in [9.17, 15) is 4.79 Å². The van der Waals surface area contributed by atoms with E-state index in [-0.39, 0.29) is 18.6 Å². The van der Waals surface area contributed by atoms with Crippen molar-refractivity contribution in [3.63, 3.8) is 0 Å². The molecular weight excluding hydrogens is 224 g/mol. The lowest BCUT2D eigenvalue weighted by Gasteiger charge is -2.23. The van der Waals surface area contributed by atoms with E-state index in [1.807, 2.05) is 20.8 Å². The molecule has 0 aliphatic heterocycles. The Morgan fingerprint density at radius 2 is 2.31 bits per heavy atom. The third kappa shape index (κ3) is 3.57. The molecule has 0 radical (unpaired) electrons. The molecule has 0 bridgehead atoms. The number of aliphatic hydroxyl groups excluding tert-OH is 1. The molecule has 5 heteroatoms. The van der Waals surface area contributed by atoms with Crippen LogP contribution in [0, 0.1) is 5.41 Å². The number of aliphatic hydroxyl groups is 1. The first-order valence-corrected chi connectivity index (χ1v) is 6.13. The SMILES string of the molecule is CC(C)(C)C(=O)N[C@@H](CCO)c1cncs1. The van der Waals surface area contributed by atoms with E-state index in [1.165, 1.54) is 11.3 Å². The Hall–Kier alpha value is -0.940. The van der Waals surface area contributed by atoms with Crippen LogP contribution in [0.5, 0.6) is 0 Å². The molecule has 1 aromatic rings. The van der Waals surface area contributed by atoms with E-state index >= 15 is 0 Å². The second kappa shape index (κ2) is 5.41. The first kappa shape index (κ1) is 13.1. The lowest BCUT2D eigenvalue weighted by atomic mass is 9.95. The van der Waals surface area contributed by atoms with Gasteiger partial charge in [-0.3, -0.25) is 9.78 Å². The fourth-order valence-corrected chi connectivity index (χ4v) is 1.89. The van der Waals surface area contributed by atoms with Gasteiger partial charge in [0, 0.05) is 23.1 Å². The second-order valence-corrected chi connectivity index (χ2v) is 5.61. The molecule has 0 spiro atoms. The maximum absolute atomic E-state index is 11.8. The summed E-state index contributed by atoms with van der Waals surface area (Å²) < 4.78 is 0. The summed E-state index contributed by atoms with van der Waals surface area (Å²) >= 11 is 1.49. The Bertz CT molecular complexity index is 330. The largest absolute Gasteiger partial charge is 0.396 e. The quantitative estimate of drug-likeness (QED) is 0.845. The number of rotatable bonds is 4. The minimum Gasteiger partial charge on any atom is -0.396 e. The van der Waals surface area contributed by atoms with Gasteiger partial charge in [0.1, 0.15) is 0 Å². The van der Waals surface area contributed by atoms with Crippen molar-refractivity contribution in [2.24, 2.45) is 5.41 Å². The van der Waals surface area contributed by atoms with Gasteiger partial charge in [-0.25, -0.2) is 0 Å². The minimum absolute atomic E-state index is 0.0145. The molecule has 1 rings (SSSR count). The number of thiazole rings is 1. The Balaban J connectivity index is 2.70. The van der Waals surface area contributed by atoms with E-state index in [0.717, 1.165) is 4.88 Å². The predicted molar refractivity (Wildman–Crippen MR) is 64.2 cm³/mol. The molecule has 0 aliphatic carbocycles. The summed E-state index contributed by atoms with van der Waals surface area (Å²) in [5, 5.41) is 11.9. The smallest absolute Gasteiger partial charge is 0.225 e. The molecule has 0 saturated heterocycles. The zero-order valence-electron chi connectivity index (χ0n) is 9.86. The second-order valence-electron chi connectivity index (χ2n) is 4.69. The summed E-state index contributed by atoms with van der Waals surface area (Å²) in [5.41, 5.74) is 1.31. The molecule has 4 nitrogen and oxygen atoms in total. The van der Waals surface area contributed by atoms with Crippen molar-refractivity contribution in [2.45, 2.75) is 33.2 Å². The average Bonchev–Trinajstić information content (AvgIpc) is 2.68. The van der Waals surface area contributed by atoms with Gasteiger partial charge < -0.3 is 10.4 Å². The van der Waals surface area contributed by atoms with Gasteiger partial charge >= 0.3 is 0 Å². The van der Waals surface area contributed by atoms with Crippen molar-refractivity contribution < 1.29 is 9.90 Å². The highest BCUT2D eigenvalue weighted by Gasteiger charge is 2.24. The monoisotopic (exact) mass is 242 g/mol. The molecule has 0 saturated carbocycles. The van der Waals surface area contributed by atoms with Crippen LogP contribution in [0.15, 0.2) is 11.7 Å². The van der Waals surface area contributed by atoms with E-state index in [1.54, 1.807) is 11.7 Å². The summed E-state index contributed by atoms with van der Waals surface area (Å²) in [6.45, 7) is 5.65. The molecule has 1 aromatic heterocycles. The van der Waals surface area contributed by atoms with Crippen LogP contribution in [0.2, 0.25) is 0 Å². The Labute approximate surface area is 99.7 Å². The Morgan fingerprint density at radius 3 is 2.75 bits per heavy atom. The molecule has 0 aliphatic rings.